The van der Waals surface area contributed by atoms with Gasteiger partial charge in [-0.15, -0.1) is 0 Å². The Morgan fingerprint density at radius 2 is 2.28 bits per heavy atom. The van der Waals surface area contributed by atoms with E-state index in [0.717, 1.165) is 42.3 Å². The van der Waals surface area contributed by atoms with Gasteiger partial charge in [-0.1, -0.05) is 18.2 Å². The van der Waals surface area contributed by atoms with Crippen LogP contribution in [0.2, 0.25) is 0 Å². The predicted molar refractivity (Wildman–Crippen MR) is 95.8 cm³/mol. The molecule has 1 aromatic carbocycles. The van der Waals surface area contributed by atoms with Crippen molar-refractivity contribution < 1.29 is 14.3 Å². The van der Waals surface area contributed by atoms with Crippen molar-refractivity contribution in [2.24, 2.45) is 0 Å². The molecule has 0 N–H and O–H groups in total. The lowest BCUT2D eigenvalue weighted by molar-refractivity contribution is -0.143. The summed E-state index contributed by atoms with van der Waals surface area (Å²) >= 11 is 0. The molecule has 0 saturated carbocycles. The Morgan fingerprint density at radius 1 is 1.40 bits per heavy atom. The number of fused-ring (bicyclic) bond motifs is 1. The van der Waals surface area contributed by atoms with Crippen molar-refractivity contribution in [3.8, 4) is 6.07 Å². The highest BCUT2D eigenvalue weighted by Gasteiger charge is 2.15. The van der Waals surface area contributed by atoms with Gasteiger partial charge in [-0.25, -0.2) is 4.79 Å². The van der Waals surface area contributed by atoms with E-state index in [1.54, 1.807) is 6.08 Å². The van der Waals surface area contributed by atoms with E-state index in [0.29, 0.717) is 19.6 Å². The molecule has 1 aliphatic heterocycles. The molecule has 1 aromatic heterocycles. The van der Waals surface area contributed by atoms with E-state index >= 15 is 0 Å². The summed E-state index contributed by atoms with van der Waals surface area (Å²) in [6, 6.07) is 10.1. The van der Waals surface area contributed by atoms with Crippen LogP contribution in [0.4, 0.5) is 0 Å². The monoisotopic (exact) mass is 338 g/mol. The zero-order valence-corrected chi connectivity index (χ0v) is 14.2. The maximum atomic E-state index is 12.0. The topological polar surface area (TPSA) is 64.2 Å². The van der Waals surface area contributed by atoms with Crippen molar-refractivity contribution in [3.05, 3.63) is 42.1 Å². The summed E-state index contributed by atoms with van der Waals surface area (Å²) in [5, 5.41) is 9.86. The number of rotatable bonds is 6. The van der Waals surface area contributed by atoms with Crippen LogP contribution in [0.15, 0.2) is 36.5 Å². The Balaban J connectivity index is 1.66. The standard InChI is InChI=1S/C20H22N2O3/c21-11-5-12-22-14-16(18-7-1-2-8-19(18)22)9-10-20(23)25-15-17-6-3-4-13-24-17/h1-2,7-10,14,17H,3-6,12-13,15H2. The van der Waals surface area contributed by atoms with Gasteiger partial charge < -0.3 is 14.0 Å². The lowest BCUT2D eigenvalue weighted by Gasteiger charge is -2.21. The summed E-state index contributed by atoms with van der Waals surface area (Å²) in [4.78, 5) is 12.0. The van der Waals surface area contributed by atoms with E-state index < -0.39 is 0 Å². The van der Waals surface area contributed by atoms with Gasteiger partial charge in [0, 0.05) is 41.9 Å². The van der Waals surface area contributed by atoms with Crippen molar-refractivity contribution in [3.63, 3.8) is 0 Å². The Hall–Kier alpha value is -2.58. The van der Waals surface area contributed by atoms with Crippen molar-refractivity contribution in [1.29, 1.82) is 5.26 Å². The van der Waals surface area contributed by atoms with E-state index in [2.05, 4.69) is 6.07 Å². The Kier molecular flexibility index (Phi) is 5.86. The molecule has 2 heterocycles. The first kappa shape index (κ1) is 17.2. The van der Waals surface area contributed by atoms with Crippen molar-refractivity contribution >= 4 is 22.9 Å². The zero-order chi connectivity index (χ0) is 17.5. The molecule has 130 valence electrons. The number of hydrogen-bond donors (Lipinski definition) is 0. The van der Waals surface area contributed by atoms with Gasteiger partial charge in [-0.2, -0.15) is 5.26 Å². The number of benzene rings is 1. The first-order chi connectivity index (χ1) is 12.3. The lowest BCUT2D eigenvalue weighted by Crippen LogP contribution is -2.25. The molecule has 0 aliphatic carbocycles. The van der Waals surface area contributed by atoms with Gasteiger partial charge in [-0.3, -0.25) is 0 Å². The maximum absolute atomic E-state index is 12.0. The third kappa shape index (κ3) is 4.49. The molecule has 5 nitrogen and oxygen atoms in total. The summed E-state index contributed by atoms with van der Waals surface area (Å²) in [6.45, 7) is 1.70. The van der Waals surface area contributed by atoms with Crippen LogP contribution in [-0.2, 0) is 20.8 Å². The summed E-state index contributed by atoms with van der Waals surface area (Å²) < 4.78 is 12.9. The quantitative estimate of drug-likeness (QED) is 0.595. The Labute approximate surface area is 147 Å². The van der Waals surface area contributed by atoms with Crippen LogP contribution in [-0.4, -0.2) is 29.9 Å². The minimum atomic E-state index is -0.358. The minimum absolute atomic E-state index is 0.0268. The fourth-order valence-corrected chi connectivity index (χ4v) is 3.08. The molecule has 1 aliphatic rings. The second-order valence-corrected chi connectivity index (χ2v) is 6.16. The molecular weight excluding hydrogens is 316 g/mol. The molecule has 3 rings (SSSR count). The summed E-state index contributed by atoms with van der Waals surface area (Å²) in [5.41, 5.74) is 2.00. The molecule has 2 aromatic rings. The van der Waals surface area contributed by atoms with Crippen LogP contribution in [0.1, 0.15) is 31.2 Å². The number of nitrogens with zero attached hydrogens (tertiary/aromatic N) is 2. The fourth-order valence-electron chi connectivity index (χ4n) is 3.08. The van der Waals surface area contributed by atoms with Crippen molar-refractivity contribution in [2.75, 3.05) is 13.2 Å². The van der Waals surface area contributed by atoms with Gasteiger partial charge in [0.2, 0.25) is 0 Å². The number of aryl methyl sites for hydroxylation is 1. The second-order valence-electron chi connectivity index (χ2n) is 6.16. The number of aromatic nitrogens is 1. The first-order valence-corrected chi connectivity index (χ1v) is 8.69. The highest BCUT2D eigenvalue weighted by molar-refractivity contribution is 5.94. The van der Waals surface area contributed by atoms with Crippen LogP contribution >= 0.6 is 0 Å². The molecule has 25 heavy (non-hydrogen) atoms. The summed E-state index contributed by atoms with van der Waals surface area (Å²) in [7, 11) is 0. The average Bonchev–Trinajstić information content (AvgIpc) is 3.02. The molecule has 0 amide bonds. The maximum Gasteiger partial charge on any atom is 0.330 e. The smallest absolute Gasteiger partial charge is 0.330 e. The number of carbonyl (C=O) groups excluding carboxylic acids is 1. The fraction of sp³-hybridized carbons (Fsp3) is 0.400. The highest BCUT2D eigenvalue weighted by Crippen LogP contribution is 2.23. The van der Waals surface area contributed by atoms with E-state index in [-0.39, 0.29) is 12.1 Å². The van der Waals surface area contributed by atoms with Crippen LogP contribution in [0.25, 0.3) is 17.0 Å². The van der Waals surface area contributed by atoms with Crippen LogP contribution < -0.4 is 0 Å². The van der Waals surface area contributed by atoms with Gasteiger partial charge >= 0.3 is 5.97 Å². The first-order valence-electron chi connectivity index (χ1n) is 8.69. The molecule has 1 atom stereocenters. The highest BCUT2D eigenvalue weighted by atomic mass is 16.6. The molecule has 1 saturated heterocycles. The van der Waals surface area contributed by atoms with Crippen LogP contribution in [0.3, 0.4) is 0 Å². The number of para-hydroxylation sites is 1. The van der Waals surface area contributed by atoms with Crippen molar-refractivity contribution in [2.45, 2.75) is 38.3 Å². The summed E-state index contributed by atoms with van der Waals surface area (Å²) in [5.74, 6) is -0.358. The summed E-state index contributed by atoms with van der Waals surface area (Å²) in [6.07, 6.45) is 8.83. The van der Waals surface area contributed by atoms with Crippen LogP contribution in [0.5, 0.6) is 0 Å². The third-order valence-electron chi connectivity index (χ3n) is 4.37. The number of esters is 1. The molecule has 1 unspecified atom stereocenters. The number of carbonyl (C=O) groups is 1. The zero-order valence-electron chi connectivity index (χ0n) is 14.2. The lowest BCUT2D eigenvalue weighted by atomic mass is 10.1. The van der Waals surface area contributed by atoms with E-state index in [1.165, 1.54) is 6.08 Å². The van der Waals surface area contributed by atoms with Gasteiger partial charge in [0.15, 0.2) is 0 Å². The van der Waals surface area contributed by atoms with E-state index in [4.69, 9.17) is 14.7 Å². The molecular formula is C20H22N2O3. The Morgan fingerprint density at radius 3 is 3.08 bits per heavy atom. The third-order valence-corrected chi connectivity index (χ3v) is 4.37. The molecule has 0 bridgehead atoms. The molecule has 0 spiro atoms. The molecule has 0 radical (unpaired) electrons. The predicted octanol–water partition coefficient (Wildman–Crippen LogP) is 3.68. The van der Waals surface area contributed by atoms with Crippen molar-refractivity contribution in [1.82, 2.24) is 4.57 Å². The van der Waals surface area contributed by atoms with Gasteiger partial charge in [0.25, 0.3) is 0 Å². The number of ether oxygens (including phenoxy) is 2. The van der Waals surface area contributed by atoms with E-state index in [9.17, 15) is 4.79 Å². The SMILES string of the molecule is N#CCCn1cc(C=CC(=O)OCC2CCCCO2)c2ccccc21. The normalized spacial score (nSPS) is 17.6. The second kappa shape index (κ2) is 8.50. The van der Waals surface area contributed by atoms with Gasteiger partial charge in [0.1, 0.15) is 6.61 Å². The largest absolute Gasteiger partial charge is 0.460 e. The van der Waals surface area contributed by atoms with Gasteiger partial charge in [0.05, 0.1) is 18.6 Å². The minimum Gasteiger partial charge on any atom is -0.460 e. The average molecular weight is 338 g/mol. The van der Waals surface area contributed by atoms with Crippen LogP contribution in [0, 0.1) is 11.3 Å². The molecule has 5 heteroatoms. The molecule has 1 fully saturated rings. The van der Waals surface area contributed by atoms with Gasteiger partial charge in [-0.05, 0) is 31.4 Å². The van der Waals surface area contributed by atoms with E-state index in [1.807, 2.05) is 35.0 Å². The Bertz CT molecular complexity index is 795. The number of hydrogen-bond acceptors (Lipinski definition) is 4. The number of nitriles is 1.